The van der Waals surface area contributed by atoms with Gasteiger partial charge in [-0.1, -0.05) is 30.3 Å². The molecule has 1 aliphatic rings. The van der Waals surface area contributed by atoms with Crippen molar-refractivity contribution in [2.24, 2.45) is 4.99 Å². The van der Waals surface area contributed by atoms with Crippen molar-refractivity contribution in [3.63, 3.8) is 0 Å². The number of aliphatic imine (C=N–C) groups is 1. The minimum absolute atomic E-state index is 0.735. The first-order chi connectivity index (χ1) is 11.8. The molecule has 4 aromatic rings. The zero-order valence-corrected chi connectivity index (χ0v) is 12.7. The first kappa shape index (κ1) is 13.0. The summed E-state index contributed by atoms with van der Waals surface area (Å²) >= 11 is 0. The summed E-state index contributed by atoms with van der Waals surface area (Å²) < 4.78 is 1.85. The van der Waals surface area contributed by atoms with Gasteiger partial charge in [0.1, 0.15) is 17.5 Å². The largest absolute Gasteiger partial charge is 0.399 e. The zero-order valence-electron chi connectivity index (χ0n) is 12.7. The van der Waals surface area contributed by atoms with Gasteiger partial charge in [0.25, 0.3) is 0 Å². The van der Waals surface area contributed by atoms with Crippen LogP contribution >= 0.6 is 0 Å². The molecule has 0 aliphatic carbocycles. The Labute approximate surface area is 138 Å². The van der Waals surface area contributed by atoms with E-state index in [4.69, 9.17) is 10.7 Å². The van der Waals surface area contributed by atoms with Crippen molar-refractivity contribution < 1.29 is 0 Å². The Kier molecular flexibility index (Phi) is 2.58. The van der Waals surface area contributed by atoms with Crippen LogP contribution in [0.1, 0.15) is 11.1 Å². The second-order valence-electron chi connectivity index (χ2n) is 5.73. The van der Waals surface area contributed by atoms with E-state index in [1.807, 2.05) is 65.3 Å². The number of anilines is 1. The number of rotatable bonds is 1. The maximum Gasteiger partial charge on any atom is 0.137 e. The van der Waals surface area contributed by atoms with Crippen LogP contribution in [0.3, 0.4) is 0 Å². The van der Waals surface area contributed by atoms with Gasteiger partial charge >= 0.3 is 0 Å². The third kappa shape index (κ3) is 1.78. The quantitative estimate of drug-likeness (QED) is 0.482. The van der Waals surface area contributed by atoms with E-state index >= 15 is 0 Å². The van der Waals surface area contributed by atoms with Gasteiger partial charge in [-0.05, 0) is 24.3 Å². The highest BCUT2D eigenvalue weighted by Gasteiger charge is 2.22. The molecule has 0 unspecified atom stereocenters. The van der Waals surface area contributed by atoms with Crippen LogP contribution in [-0.2, 0) is 0 Å². The summed E-state index contributed by atoms with van der Waals surface area (Å²) in [6.45, 7) is 0. The smallest absolute Gasteiger partial charge is 0.137 e. The molecule has 114 valence electrons. The number of hydrogen-bond donors (Lipinski definition) is 1. The molecule has 5 heteroatoms. The second-order valence-corrected chi connectivity index (χ2v) is 5.73. The Bertz CT molecular complexity index is 1110. The van der Waals surface area contributed by atoms with E-state index in [0.717, 1.165) is 45.0 Å². The van der Waals surface area contributed by atoms with Gasteiger partial charge in [-0.15, -0.1) is 0 Å². The van der Waals surface area contributed by atoms with Gasteiger partial charge in [0.05, 0.1) is 11.4 Å². The van der Waals surface area contributed by atoms with Crippen molar-refractivity contribution in [3.8, 4) is 11.3 Å². The molecule has 0 saturated heterocycles. The highest BCUT2D eigenvalue weighted by atomic mass is 15.2. The van der Waals surface area contributed by atoms with E-state index in [1.54, 1.807) is 6.33 Å². The number of aromatic nitrogens is 3. The first-order valence-electron chi connectivity index (χ1n) is 7.68. The molecule has 3 heterocycles. The standard InChI is InChI=1S/C19H13N5/c20-13-7-5-12(6-8-13)17-15-9-10-24-19(15)18(21-11-22-24)14-3-1-2-4-16(14)23-17/h1-11H,20H2. The van der Waals surface area contributed by atoms with Crippen LogP contribution in [0.4, 0.5) is 11.4 Å². The Morgan fingerprint density at radius 1 is 0.875 bits per heavy atom. The summed E-state index contributed by atoms with van der Waals surface area (Å²) in [5.74, 6) is 0. The van der Waals surface area contributed by atoms with Crippen LogP contribution < -0.4 is 5.73 Å². The third-order valence-electron chi connectivity index (χ3n) is 4.28. The van der Waals surface area contributed by atoms with Crippen LogP contribution in [0.5, 0.6) is 0 Å². The third-order valence-corrected chi connectivity index (χ3v) is 4.28. The number of fused-ring (bicyclic) bond motifs is 2. The topological polar surface area (TPSA) is 68.6 Å². The van der Waals surface area contributed by atoms with E-state index in [-0.39, 0.29) is 0 Å². The molecule has 0 atom stereocenters. The number of nitrogens with two attached hydrogens (primary N) is 1. The predicted molar refractivity (Wildman–Crippen MR) is 94.6 cm³/mol. The highest BCUT2D eigenvalue weighted by Crippen LogP contribution is 2.37. The monoisotopic (exact) mass is 311 g/mol. The van der Waals surface area contributed by atoms with Crippen molar-refractivity contribution in [3.05, 3.63) is 78.2 Å². The summed E-state index contributed by atoms with van der Waals surface area (Å²) in [7, 11) is 0. The van der Waals surface area contributed by atoms with Gasteiger partial charge < -0.3 is 5.73 Å². The molecule has 0 bridgehead atoms. The molecule has 2 N–H and O–H groups in total. The van der Waals surface area contributed by atoms with Gasteiger partial charge in [0.15, 0.2) is 0 Å². The summed E-state index contributed by atoms with van der Waals surface area (Å²) in [4.78, 5) is 9.47. The van der Waals surface area contributed by atoms with Crippen LogP contribution in [0, 0.1) is 0 Å². The van der Waals surface area contributed by atoms with Crippen molar-refractivity contribution in [1.82, 2.24) is 14.6 Å². The van der Waals surface area contributed by atoms with Crippen LogP contribution in [0.25, 0.3) is 16.8 Å². The van der Waals surface area contributed by atoms with Gasteiger partial charge in [0, 0.05) is 28.6 Å². The van der Waals surface area contributed by atoms with E-state index in [1.165, 1.54) is 0 Å². The number of nitrogens with zero attached hydrogens (tertiary/aromatic N) is 4. The van der Waals surface area contributed by atoms with E-state index in [2.05, 4.69) is 10.1 Å². The average Bonchev–Trinajstić information content (AvgIpc) is 2.98. The number of nitrogen functional groups attached to an aromatic ring is 1. The lowest BCUT2D eigenvalue weighted by molar-refractivity contribution is 0.906. The average molecular weight is 311 g/mol. The predicted octanol–water partition coefficient (Wildman–Crippen LogP) is 3.46. The minimum Gasteiger partial charge on any atom is -0.399 e. The summed E-state index contributed by atoms with van der Waals surface area (Å²) in [5, 5.41) is 4.33. The van der Waals surface area contributed by atoms with Crippen molar-refractivity contribution in [2.75, 3.05) is 5.73 Å². The zero-order chi connectivity index (χ0) is 16.1. The second kappa shape index (κ2) is 4.76. The fraction of sp³-hybridized carbons (Fsp3) is 0. The van der Waals surface area contributed by atoms with Crippen molar-refractivity contribution in [2.45, 2.75) is 0 Å². The lowest BCUT2D eigenvalue weighted by atomic mass is 10.0. The molecule has 5 nitrogen and oxygen atoms in total. The molecule has 2 aromatic carbocycles. The molecule has 0 amide bonds. The highest BCUT2D eigenvalue weighted by molar-refractivity contribution is 6.20. The molecule has 0 radical (unpaired) electrons. The normalized spacial score (nSPS) is 12.6. The molecule has 0 spiro atoms. The number of benzene rings is 2. The SMILES string of the molecule is Nc1ccc(C2=Nc3ccccc3-c3ncnn4ccc2c34)cc1. The fourth-order valence-electron chi connectivity index (χ4n) is 3.16. The molecule has 24 heavy (non-hydrogen) atoms. The Balaban J connectivity index is 1.91. The van der Waals surface area contributed by atoms with E-state index in [0.29, 0.717) is 0 Å². The number of hydrogen-bond acceptors (Lipinski definition) is 4. The number of para-hydroxylation sites is 1. The lowest BCUT2D eigenvalue weighted by Crippen LogP contribution is -2.03. The van der Waals surface area contributed by atoms with E-state index in [9.17, 15) is 0 Å². The molecular formula is C19H13N5. The van der Waals surface area contributed by atoms with E-state index < -0.39 is 0 Å². The summed E-state index contributed by atoms with van der Waals surface area (Å²) in [6.07, 6.45) is 3.52. The van der Waals surface area contributed by atoms with Gasteiger partial charge in [-0.3, -0.25) is 0 Å². The molecule has 1 aliphatic heterocycles. The summed E-state index contributed by atoms with van der Waals surface area (Å²) in [5.41, 5.74) is 13.3. The molecule has 0 fully saturated rings. The lowest BCUT2D eigenvalue weighted by Gasteiger charge is -2.05. The van der Waals surface area contributed by atoms with Crippen LogP contribution in [-0.4, -0.2) is 20.3 Å². The maximum absolute atomic E-state index is 5.83. The molecular weight excluding hydrogens is 298 g/mol. The molecule has 5 rings (SSSR count). The summed E-state index contributed by atoms with van der Waals surface area (Å²) in [6, 6.07) is 17.9. The van der Waals surface area contributed by atoms with Crippen LogP contribution in [0.15, 0.2) is 72.1 Å². The molecule has 2 aromatic heterocycles. The van der Waals surface area contributed by atoms with Crippen molar-refractivity contribution in [1.29, 1.82) is 0 Å². The van der Waals surface area contributed by atoms with Gasteiger partial charge in [-0.2, -0.15) is 5.10 Å². The fourth-order valence-corrected chi connectivity index (χ4v) is 3.16. The maximum atomic E-state index is 5.83. The van der Waals surface area contributed by atoms with Crippen LogP contribution in [0.2, 0.25) is 0 Å². The van der Waals surface area contributed by atoms with Gasteiger partial charge in [0.2, 0.25) is 0 Å². The molecule has 0 saturated carbocycles. The first-order valence-corrected chi connectivity index (χ1v) is 7.68. The Hall–Kier alpha value is -3.47. The minimum atomic E-state index is 0.735. The Morgan fingerprint density at radius 3 is 2.58 bits per heavy atom. The Morgan fingerprint density at radius 2 is 1.71 bits per heavy atom. The van der Waals surface area contributed by atoms with Gasteiger partial charge in [-0.25, -0.2) is 14.5 Å². The van der Waals surface area contributed by atoms with Crippen molar-refractivity contribution >= 4 is 22.6 Å².